The second kappa shape index (κ2) is 8.30. The van der Waals surface area contributed by atoms with Gasteiger partial charge in [0.05, 0.1) is 27.4 Å². The number of halogens is 3. The lowest BCUT2D eigenvalue weighted by atomic mass is 10.1. The molecular weight excluding hydrogens is 577 g/mol. The first kappa shape index (κ1) is 22.2. The quantitative estimate of drug-likeness (QED) is 0.215. The zero-order chi connectivity index (χ0) is 23.3. The maximum Gasteiger partial charge on any atom is 0.268 e. The van der Waals surface area contributed by atoms with Gasteiger partial charge in [-0.25, -0.2) is 26.2 Å². The fourth-order valence-corrected chi connectivity index (χ4v) is 7.26. The number of rotatable bonds is 4. The zero-order valence-corrected chi connectivity index (χ0v) is 20.9. The average Bonchev–Trinajstić information content (AvgIpc) is 3.33. The molecule has 166 valence electrons. The van der Waals surface area contributed by atoms with E-state index in [4.69, 9.17) is 0 Å². The van der Waals surface area contributed by atoms with Crippen LogP contribution >= 0.6 is 33.9 Å². The molecule has 0 amide bonds. The molecule has 0 aliphatic carbocycles. The Morgan fingerprint density at radius 3 is 2.27 bits per heavy atom. The highest BCUT2D eigenvalue weighted by Crippen LogP contribution is 2.37. The molecule has 5 rings (SSSR count). The molecule has 0 unspecified atom stereocenters. The molecule has 0 atom stereocenters. The molecule has 0 saturated heterocycles. The Bertz CT molecular complexity index is 1610. The Morgan fingerprint density at radius 2 is 1.64 bits per heavy atom. The van der Waals surface area contributed by atoms with Gasteiger partial charge in [-0.15, -0.1) is 11.3 Å². The molecule has 9 heteroatoms. The number of aromatic nitrogens is 2. The van der Waals surface area contributed by atoms with Crippen molar-refractivity contribution in [3.63, 3.8) is 0 Å². The van der Waals surface area contributed by atoms with Gasteiger partial charge in [-0.05, 0) is 72.0 Å². The number of thiazole rings is 1. The van der Waals surface area contributed by atoms with Gasteiger partial charge >= 0.3 is 0 Å². The third-order valence-electron chi connectivity index (χ3n) is 5.30. The third-order valence-corrected chi connectivity index (χ3v) is 8.70. The lowest BCUT2D eigenvalue weighted by Crippen LogP contribution is -2.14. The fourth-order valence-electron chi connectivity index (χ4n) is 3.84. The van der Waals surface area contributed by atoms with Crippen LogP contribution in [0.5, 0.6) is 0 Å². The first-order valence-electron chi connectivity index (χ1n) is 9.81. The number of aryl methyl sites for hydroxylation is 1. The maximum absolute atomic E-state index is 14.8. The van der Waals surface area contributed by atoms with Crippen molar-refractivity contribution in [3.8, 4) is 22.5 Å². The molecule has 0 saturated carbocycles. The Balaban J connectivity index is 1.84. The molecule has 2 aromatic heterocycles. The smallest absolute Gasteiger partial charge is 0.233 e. The molecule has 5 aromatic rings. The number of benzene rings is 3. The molecule has 3 aromatic carbocycles. The molecular formula is C24H15F2IN2O2S2. The average molecular weight is 592 g/mol. The Labute approximate surface area is 206 Å². The standard InChI is InChI=1S/C24H15F2IN2O2S2/c1-14-23(28-24(27)32-14)15-10-11-20-16(12-15)13-21(22-18(25)8-5-9-19(22)26)29(20)33(30,31)17-6-3-2-4-7-17/h2-13H,1H3. The van der Waals surface area contributed by atoms with Crippen LogP contribution in [0.3, 0.4) is 0 Å². The molecule has 0 spiro atoms. The van der Waals surface area contributed by atoms with Crippen molar-refractivity contribution in [2.24, 2.45) is 0 Å². The van der Waals surface area contributed by atoms with Crippen molar-refractivity contribution in [1.29, 1.82) is 0 Å². The van der Waals surface area contributed by atoms with E-state index in [9.17, 15) is 17.2 Å². The Morgan fingerprint density at radius 1 is 0.939 bits per heavy atom. The maximum atomic E-state index is 14.8. The molecule has 0 fully saturated rings. The molecule has 4 nitrogen and oxygen atoms in total. The highest BCUT2D eigenvalue weighted by molar-refractivity contribution is 14.1. The van der Waals surface area contributed by atoms with Gasteiger partial charge in [0, 0.05) is 15.8 Å². The van der Waals surface area contributed by atoms with E-state index in [0.717, 1.165) is 35.3 Å². The van der Waals surface area contributed by atoms with E-state index >= 15 is 0 Å². The van der Waals surface area contributed by atoms with Gasteiger partial charge in [-0.1, -0.05) is 30.3 Å². The predicted molar refractivity (Wildman–Crippen MR) is 135 cm³/mol. The van der Waals surface area contributed by atoms with Gasteiger partial charge in [0.25, 0.3) is 10.0 Å². The molecule has 0 N–H and O–H groups in total. The number of nitrogens with zero attached hydrogens (tertiary/aromatic N) is 2. The highest BCUT2D eigenvalue weighted by Gasteiger charge is 2.27. The molecule has 33 heavy (non-hydrogen) atoms. The Kier molecular flexibility index (Phi) is 5.58. The van der Waals surface area contributed by atoms with Gasteiger partial charge in [0.1, 0.15) is 11.6 Å². The molecule has 0 radical (unpaired) electrons. The number of fused-ring (bicyclic) bond motifs is 1. The summed E-state index contributed by atoms with van der Waals surface area (Å²) in [5, 5.41) is 0.534. The lowest BCUT2D eigenvalue weighted by Gasteiger charge is -2.13. The first-order chi connectivity index (χ1) is 15.8. The van der Waals surface area contributed by atoms with E-state index < -0.39 is 27.2 Å². The first-order valence-corrected chi connectivity index (χ1v) is 13.1. The van der Waals surface area contributed by atoms with E-state index in [-0.39, 0.29) is 10.6 Å². The Hall–Kier alpha value is -2.63. The van der Waals surface area contributed by atoms with Crippen molar-refractivity contribution in [3.05, 3.63) is 92.3 Å². The van der Waals surface area contributed by atoms with Crippen LogP contribution in [0, 0.1) is 21.6 Å². The largest absolute Gasteiger partial charge is 0.268 e. The van der Waals surface area contributed by atoms with E-state index in [1.807, 2.05) is 6.92 Å². The highest BCUT2D eigenvalue weighted by atomic mass is 127. The van der Waals surface area contributed by atoms with Crippen LogP contribution in [-0.2, 0) is 10.0 Å². The summed E-state index contributed by atoms with van der Waals surface area (Å²) in [5.41, 5.74) is 1.45. The van der Waals surface area contributed by atoms with Crippen molar-refractivity contribution in [2.45, 2.75) is 11.8 Å². The minimum Gasteiger partial charge on any atom is -0.233 e. The third kappa shape index (κ3) is 3.77. The van der Waals surface area contributed by atoms with Crippen LogP contribution in [0.1, 0.15) is 4.88 Å². The predicted octanol–water partition coefficient (Wildman–Crippen LogP) is 6.86. The number of hydrogen-bond acceptors (Lipinski definition) is 4. The monoisotopic (exact) mass is 592 g/mol. The van der Waals surface area contributed by atoms with Crippen molar-refractivity contribution in [2.75, 3.05) is 0 Å². The van der Waals surface area contributed by atoms with Crippen LogP contribution in [-0.4, -0.2) is 17.4 Å². The van der Waals surface area contributed by atoms with Gasteiger partial charge in [0.15, 0.2) is 3.01 Å². The van der Waals surface area contributed by atoms with Gasteiger partial charge in [-0.3, -0.25) is 0 Å². The van der Waals surface area contributed by atoms with Crippen LogP contribution in [0.25, 0.3) is 33.4 Å². The summed E-state index contributed by atoms with van der Waals surface area (Å²) in [6.45, 7) is 1.96. The van der Waals surface area contributed by atoms with E-state index in [1.165, 1.54) is 24.3 Å². The summed E-state index contributed by atoms with van der Waals surface area (Å²) in [6.07, 6.45) is 0. The van der Waals surface area contributed by atoms with Crippen molar-refractivity contribution < 1.29 is 17.2 Å². The van der Waals surface area contributed by atoms with Crippen LogP contribution in [0.15, 0.2) is 77.7 Å². The summed E-state index contributed by atoms with van der Waals surface area (Å²) in [5.74, 6) is -1.68. The summed E-state index contributed by atoms with van der Waals surface area (Å²) < 4.78 is 58.7. The molecule has 2 heterocycles. The summed E-state index contributed by atoms with van der Waals surface area (Å²) in [7, 11) is -4.15. The summed E-state index contributed by atoms with van der Waals surface area (Å²) in [4.78, 5) is 5.61. The minimum absolute atomic E-state index is 0.0227. The molecule has 0 aliphatic rings. The second-order valence-electron chi connectivity index (χ2n) is 7.35. The molecule has 0 aliphatic heterocycles. The van der Waals surface area contributed by atoms with E-state index in [0.29, 0.717) is 10.9 Å². The lowest BCUT2D eigenvalue weighted by molar-refractivity contribution is 0.583. The van der Waals surface area contributed by atoms with Crippen LogP contribution < -0.4 is 0 Å². The molecule has 0 bridgehead atoms. The van der Waals surface area contributed by atoms with E-state index in [2.05, 4.69) is 27.6 Å². The van der Waals surface area contributed by atoms with Gasteiger partial charge in [-0.2, -0.15) is 0 Å². The van der Waals surface area contributed by atoms with Crippen LogP contribution in [0.2, 0.25) is 0 Å². The van der Waals surface area contributed by atoms with Gasteiger partial charge in [0.2, 0.25) is 0 Å². The zero-order valence-electron chi connectivity index (χ0n) is 17.1. The SMILES string of the molecule is Cc1sc(I)nc1-c1ccc2c(c1)cc(-c1c(F)cccc1F)n2S(=O)(=O)c1ccccc1. The summed E-state index contributed by atoms with van der Waals surface area (Å²) in [6, 6.07) is 18.0. The number of hydrogen-bond donors (Lipinski definition) is 0. The van der Waals surface area contributed by atoms with Crippen molar-refractivity contribution in [1.82, 2.24) is 8.96 Å². The minimum atomic E-state index is -4.15. The second-order valence-corrected chi connectivity index (χ2v) is 12.1. The van der Waals surface area contributed by atoms with Crippen LogP contribution in [0.4, 0.5) is 8.78 Å². The summed E-state index contributed by atoms with van der Waals surface area (Å²) >= 11 is 3.71. The van der Waals surface area contributed by atoms with E-state index in [1.54, 1.807) is 47.7 Å². The fraction of sp³-hybridized carbons (Fsp3) is 0.0417. The normalized spacial score (nSPS) is 11.9. The van der Waals surface area contributed by atoms with Gasteiger partial charge < -0.3 is 0 Å². The van der Waals surface area contributed by atoms with Crippen molar-refractivity contribution >= 4 is 54.9 Å². The topological polar surface area (TPSA) is 52.0 Å².